The molecule has 1 atom stereocenters. The second kappa shape index (κ2) is 4.59. The maximum atomic E-state index is 11.6. The first kappa shape index (κ1) is 13.1. The van der Waals surface area contributed by atoms with Crippen molar-refractivity contribution in [1.82, 2.24) is 19.6 Å². The van der Waals surface area contributed by atoms with Crippen molar-refractivity contribution in [2.45, 2.75) is 45.3 Å². The van der Waals surface area contributed by atoms with Crippen molar-refractivity contribution in [3.8, 4) is 0 Å². The first-order valence-electron chi connectivity index (χ1n) is 6.80. The molecule has 2 aromatic heterocycles. The van der Waals surface area contributed by atoms with Gasteiger partial charge < -0.3 is 10.1 Å². The molecule has 0 radical (unpaired) electrons. The van der Waals surface area contributed by atoms with E-state index in [4.69, 9.17) is 4.74 Å². The van der Waals surface area contributed by atoms with Crippen LogP contribution in [0.15, 0.2) is 10.9 Å². The zero-order chi connectivity index (χ0) is 14.3. The van der Waals surface area contributed by atoms with Gasteiger partial charge in [0.05, 0.1) is 5.60 Å². The summed E-state index contributed by atoms with van der Waals surface area (Å²) in [6.45, 7) is 6.72. The van der Waals surface area contributed by atoms with E-state index in [-0.39, 0.29) is 11.3 Å². The number of hydrogen-bond donors (Lipinski definition) is 2. The molecule has 1 aliphatic heterocycles. The van der Waals surface area contributed by atoms with Crippen LogP contribution in [0.1, 0.15) is 32.5 Å². The van der Waals surface area contributed by atoms with Gasteiger partial charge in [0.25, 0.3) is 0 Å². The van der Waals surface area contributed by atoms with Gasteiger partial charge in [0.1, 0.15) is 11.6 Å². The SMILES string of the molecule is Cc1nc(NC2CCOC(C)(C)C2)cc2n[nH]c(=O)n12. The molecule has 0 amide bonds. The monoisotopic (exact) mass is 277 g/mol. The molecule has 0 saturated carbocycles. The molecule has 1 aliphatic rings. The molecule has 3 rings (SSSR count). The summed E-state index contributed by atoms with van der Waals surface area (Å²) < 4.78 is 7.16. The minimum Gasteiger partial charge on any atom is -0.375 e. The summed E-state index contributed by atoms with van der Waals surface area (Å²) in [5.41, 5.74) is 0.207. The van der Waals surface area contributed by atoms with Crippen molar-refractivity contribution in [3.63, 3.8) is 0 Å². The smallest absolute Gasteiger partial charge is 0.349 e. The number of H-pyrrole nitrogens is 1. The molecule has 0 bridgehead atoms. The average molecular weight is 277 g/mol. The molecule has 1 fully saturated rings. The maximum absolute atomic E-state index is 11.6. The quantitative estimate of drug-likeness (QED) is 0.858. The van der Waals surface area contributed by atoms with E-state index in [0.717, 1.165) is 25.3 Å². The summed E-state index contributed by atoms with van der Waals surface area (Å²) in [6.07, 6.45) is 1.87. The van der Waals surface area contributed by atoms with E-state index in [1.54, 1.807) is 13.0 Å². The highest BCUT2D eigenvalue weighted by Crippen LogP contribution is 2.26. The summed E-state index contributed by atoms with van der Waals surface area (Å²) in [5.74, 6) is 1.37. The fraction of sp³-hybridized carbons (Fsp3) is 0.615. The zero-order valence-electron chi connectivity index (χ0n) is 11.9. The van der Waals surface area contributed by atoms with Crippen molar-refractivity contribution in [1.29, 1.82) is 0 Å². The molecule has 1 saturated heterocycles. The third kappa shape index (κ3) is 2.40. The Labute approximate surface area is 116 Å². The second-order valence-corrected chi connectivity index (χ2v) is 5.85. The van der Waals surface area contributed by atoms with Gasteiger partial charge >= 0.3 is 5.69 Å². The van der Waals surface area contributed by atoms with Crippen LogP contribution in [0.25, 0.3) is 5.65 Å². The van der Waals surface area contributed by atoms with Gasteiger partial charge in [0, 0.05) is 18.7 Å². The van der Waals surface area contributed by atoms with Gasteiger partial charge in [-0.05, 0) is 33.6 Å². The van der Waals surface area contributed by atoms with Crippen LogP contribution in [-0.2, 0) is 4.74 Å². The summed E-state index contributed by atoms with van der Waals surface area (Å²) in [5, 5.41) is 9.83. The Morgan fingerprint density at radius 2 is 2.35 bits per heavy atom. The standard InChI is InChI=1S/C13H19N5O2/c1-8-14-10(6-11-16-17-12(19)18(8)11)15-9-4-5-20-13(2,3)7-9/h6,9,15H,4-5,7H2,1-3H3,(H,17,19). The average Bonchev–Trinajstić information content (AvgIpc) is 2.70. The first-order chi connectivity index (χ1) is 9.44. The molecule has 7 nitrogen and oxygen atoms in total. The highest BCUT2D eigenvalue weighted by molar-refractivity contribution is 5.50. The summed E-state index contributed by atoms with van der Waals surface area (Å²) in [7, 11) is 0. The largest absolute Gasteiger partial charge is 0.375 e. The van der Waals surface area contributed by atoms with Crippen molar-refractivity contribution >= 4 is 11.5 Å². The van der Waals surface area contributed by atoms with Crippen molar-refractivity contribution < 1.29 is 4.74 Å². The normalized spacial score (nSPS) is 22.1. The third-order valence-electron chi connectivity index (χ3n) is 3.62. The molecule has 2 aromatic rings. The number of nitrogens with zero attached hydrogens (tertiary/aromatic N) is 3. The molecule has 1 unspecified atom stereocenters. The van der Waals surface area contributed by atoms with Gasteiger partial charge in [-0.3, -0.25) is 0 Å². The lowest BCUT2D eigenvalue weighted by Gasteiger charge is -2.36. The second-order valence-electron chi connectivity index (χ2n) is 5.85. The summed E-state index contributed by atoms with van der Waals surface area (Å²) >= 11 is 0. The molecule has 2 N–H and O–H groups in total. The molecule has 108 valence electrons. The zero-order valence-corrected chi connectivity index (χ0v) is 11.9. The van der Waals surface area contributed by atoms with Crippen LogP contribution >= 0.6 is 0 Å². The molecule has 0 spiro atoms. The van der Waals surface area contributed by atoms with Crippen LogP contribution in [0.4, 0.5) is 5.82 Å². The van der Waals surface area contributed by atoms with Crippen LogP contribution < -0.4 is 11.0 Å². The van der Waals surface area contributed by atoms with Crippen molar-refractivity contribution in [2.75, 3.05) is 11.9 Å². The predicted molar refractivity (Wildman–Crippen MR) is 75.0 cm³/mol. The van der Waals surface area contributed by atoms with E-state index >= 15 is 0 Å². The Bertz CT molecular complexity index is 688. The maximum Gasteiger partial charge on any atom is 0.349 e. The van der Waals surface area contributed by atoms with E-state index in [1.165, 1.54) is 4.40 Å². The molecule has 3 heterocycles. The molecule has 0 aromatic carbocycles. The number of rotatable bonds is 2. The van der Waals surface area contributed by atoms with Gasteiger partial charge in [0.15, 0.2) is 5.65 Å². The van der Waals surface area contributed by atoms with Gasteiger partial charge in [0.2, 0.25) is 0 Å². The fourth-order valence-corrected chi connectivity index (χ4v) is 2.74. The summed E-state index contributed by atoms with van der Waals surface area (Å²) in [4.78, 5) is 16.0. The van der Waals surface area contributed by atoms with Crippen molar-refractivity contribution in [2.24, 2.45) is 0 Å². The van der Waals surface area contributed by atoms with E-state index in [1.807, 2.05) is 0 Å². The predicted octanol–water partition coefficient (Wildman–Crippen LogP) is 1.10. The number of hydrogen-bond acceptors (Lipinski definition) is 5. The lowest BCUT2D eigenvalue weighted by Crippen LogP contribution is -2.40. The highest BCUT2D eigenvalue weighted by Gasteiger charge is 2.29. The Kier molecular flexibility index (Phi) is 3.01. The molecular formula is C13H19N5O2. The minimum absolute atomic E-state index is 0.113. The first-order valence-corrected chi connectivity index (χ1v) is 6.80. The van der Waals surface area contributed by atoms with Gasteiger partial charge in [-0.15, -0.1) is 0 Å². The molecule has 0 aliphatic carbocycles. The number of fused-ring (bicyclic) bond motifs is 1. The molecule has 7 heteroatoms. The highest BCUT2D eigenvalue weighted by atomic mass is 16.5. The van der Waals surface area contributed by atoms with E-state index < -0.39 is 0 Å². The van der Waals surface area contributed by atoms with E-state index in [0.29, 0.717) is 17.5 Å². The van der Waals surface area contributed by atoms with E-state index in [2.05, 4.69) is 34.3 Å². The number of aryl methyl sites for hydroxylation is 1. The van der Waals surface area contributed by atoms with Crippen molar-refractivity contribution in [3.05, 3.63) is 22.4 Å². The third-order valence-corrected chi connectivity index (χ3v) is 3.62. The van der Waals surface area contributed by atoms with Crippen LogP contribution in [-0.4, -0.2) is 37.8 Å². The number of anilines is 1. The lowest BCUT2D eigenvalue weighted by atomic mass is 9.94. The Hall–Kier alpha value is -1.89. The number of aromatic amines is 1. The van der Waals surface area contributed by atoms with Gasteiger partial charge in [-0.1, -0.05) is 0 Å². The topological polar surface area (TPSA) is 84.3 Å². The number of ether oxygens (including phenoxy) is 1. The Morgan fingerprint density at radius 3 is 3.10 bits per heavy atom. The minimum atomic E-state index is -0.260. The Balaban J connectivity index is 1.86. The van der Waals surface area contributed by atoms with Crippen LogP contribution in [0, 0.1) is 6.92 Å². The van der Waals surface area contributed by atoms with Crippen LogP contribution in [0.2, 0.25) is 0 Å². The fourth-order valence-electron chi connectivity index (χ4n) is 2.74. The Morgan fingerprint density at radius 1 is 1.55 bits per heavy atom. The van der Waals surface area contributed by atoms with Gasteiger partial charge in [-0.2, -0.15) is 5.10 Å². The van der Waals surface area contributed by atoms with Gasteiger partial charge in [-0.25, -0.2) is 19.3 Å². The van der Waals surface area contributed by atoms with Crippen LogP contribution in [0.5, 0.6) is 0 Å². The van der Waals surface area contributed by atoms with E-state index in [9.17, 15) is 4.79 Å². The summed E-state index contributed by atoms with van der Waals surface area (Å²) in [6, 6.07) is 2.10. The number of nitrogens with one attached hydrogen (secondary N) is 2. The lowest BCUT2D eigenvalue weighted by molar-refractivity contribution is -0.0553. The molecule has 20 heavy (non-hydrogen) atoms. The number of aromatic nitrogens is 4. The van der Waals surface area contributed by atoms with Crippen LogP contribution in [0.3, 0.4) is 0 Å². The molecular weight excluding hydrogens is 258 g/mol.